The van der Waals surface area contributed by atoms with Crippen molar-refractivity contribution in [2.75, 3.05) is 13.1 Å². The lowest BCUT2D eigenvalue weighted by Crippen LogP contribution is -2.57. The van der Waals surface area contributed by atoms with Crippen LogP contribution in [0.2, 0.25) is 0 Å². The van der Waals surface area contributed by atoms with E-state index in [0.29, 0.717) is 12.1 Å². The third-order valence-electron chi connectivity index (χ3n) is 6.66. The van der Waals surface area contributed by atoms with Crippen LogP contribution in [0.4, 0.5) is 0 Å². The maximum atomic E-state index is 6.52. The second-order valence-electron chi connectivity index (χ2n) is 8.30. The van der Waals surface area contributed by atoms with Gasteiger partial charge in [-0.3, -0.25) is 4.90 Å². The van der Waals surface area contributed by atoms with Gasteiger partial charge >= 0.3 is 0 Å². The first-order valence-electron chi connectivity index (χ1n) is 9.09. The molecule has 0 aromatic rings. The minimum absolute atomic E-state index is 0.411. The lowest BCUT2D eigenvalue weighted by atomic mass is 9.67. The topological polar surface area (TPSA) is 29.3 Å². The smallest absolute Gasteiger partial charge is 0.0272 e. The fourth-order valence-electron chi connectivity index (χ4n) is 5.63. The van der Waals surface area contributed by atoms with Gasteiger partial charge in [0.15, 0.2) is 0 Å². The van der Waals surface area contributed by atoms with Gasteiger partial charge in [-0.05, 0) is 68.9 Å². The Morgan fingerprint density at radius 3 is 2.15 bits per heavy atom. The summed E-state index contributed by atoms with van der Waals surface area (Å²) in [6.45, 7) is 7.44. The highest BCUT2D eigenvalue weighted by Gasteiger charge is 2.41. The largest absolute Gasteiger partial charge is 0.326 e. The summed E-state index contributed by atoms with van der Waals surface area (Å²) >= 11 is 0. The van der Waals surface area contributed by atoms with Crippen molar-refractivity contribution in [3.63, 3.8) is 0 Å². The van der Waals surface area contributed by atoms with Gasteiger partial charge in [-0.2, -0.15) is 0 Å². The normalized spacial score (nSPS) is 42.8. The number of piperidine rings is 1. The van der Waals surface area contributed by atoms with Crippen molar-refractivity contribution < 1.29 is 0 Å². The summed E-state index contributed by atoms with van der Waals surface area (Å²) in [6, 6.07) is 1.07. The zero-order valence-electron chi connectivity index (χ0n) is 13.6. The Bertz CT molecular complexity index is 299. The van der Waals surface area contributed by atoms with E-state index < -0.39 is 0 Å². The third kappa shape index (κ3) is 2.92. The molecule has 0 aromatic carbocycles. The van der Waals surface area contributed by atoms with E-state index in [9.17, 15) is 0 Å². The van der Waals surface area contributed by atoms with Crippen LogP contribution in [0.5, 0.6) is 0 Å². The summed E-state index contributed by atoms with van der Waals surface area (Å²) in [5.74, 6) is 1.61. The van der Waals surface area contributed by atoms with Gasteiger partial charge in [0.25, 0.3) is 0 Å². The summed E-state index contributed by atoms with van der Waals surface area (Å²) in [5.41, 5.74) is 7.25. The number of nitrogens with two attached hydrogens (primary N) is 1. The summed E-state index contributed by atoms with van der Waals surface area (Å²) in [5, 5.41) is 0. The van der Waals surface area contributed by atoms with E-state index in [-0.39, 0.29) is 0 Å². The minimum atomic E-state index is 0.411. The molecular weight excluding hydrogens is 244 g/mol. The van der Waals surface area contributed by atoms with Crippen molar-refractivity contribution in [2.24, 2.45) is 23.0 Å². The molecule has 0 bridgehead atoms. The van der Waals surface area contributed by atoms with Crippen molar-refractivity contribution in [1.82, 2.24) is 4.90 Å². The predicted octanol–water partition coefficient (Wildman–Crippen LogP) is 3.79. The Balaban J connectivity index is 1.59. The second-order valence-corrected chi connectivity index (χ2v) is 8.30. The highest BCUT2D eigenvalue weighted by molar-refractivity contribution is 4.96. The summed E-state index contributed by atoms with van der Waals surface area (Å²) in [4.78, 5) is 2.76. The molecule has 2 aliphatic carbocycles. The van der Waals surface area contributed by atoms with Crippen LogP contribution in [-0.4, -0.2) is 30.1 Å². The van der Waals surface area contributed by atoms with E-state index in [1.165, 1.54) is 70.9 Å². The van der Waals surface area contributed by atoms with E-state index in [1.807, 2.05) is 0 Å². The maximum Gasteiger partial charge on any atom is 0.0272 e. The van der Waals surface area contributed by atoms with Crippen LogP contribution in [0.3, 0.4) is 0 Å². The monoisotopic (exact) mass is 278 g/mol. The zero-order chi connectivity index (χ0) is 14.2. The molecule has 0 radical (unpaired) electrons. The van der Waals surface area contributed by atoms with Crippen LogP contribution in [-0.2, 0) is 0 Å². The highest BCUT2D eigenvalue weighted by Crippen LogP contribution is 2.45. The predicted molar refractivity (Wildman–Crippen MR) is 85.7 cm³/mol. The molecule has 3 rings (SSSR count). The van der Waals surface area contributed by atoms with E-state index >= 15 is 0 Å². The molecule has 4 atom stereocenters. The van der Waals surface area contributed by atoms with Gasteiger partial charge in [-0.1, -0.05) is 33.1 Å². The molecule has 2 heteroatoms. The number of rotatable bonds is 1. The van der Waals surface area contributed by atoms with Gasteiger partial charge in [0.1, 0.15) is 0 Å². The first-order valence-corrected chi connectivity index (χ1v) is 9.09. The Labute approximate surface area is 125 Å². The fraction of sp³-hybridized carbons (Fsp3) is 1.00. The van der Waals surface area contributed by atoms with Crippen LogP contribution in [0.25, 0.3) is 0 Å². The molecule has 2 nitrogen and oxygen atoms in total. The maximum absolute atomic E-state index is 6.52. The molecule has 4 unspecified atom stereocenters. The molecule has 0 aromatic heterocycles. The second kappa shape index (κ2) is 5.96. The molecule has 3 aliphatic rings. The quantitative estimate of drug-likeness (QED) is 0.790. The molecule has 1 aliphatic heterocycles. The van der Waals surface area contributed by atoms with Gasteiger partial charge < -0.3 is 5.73 Å². The molecule has 1 spiro atoms. The van der Waals surface area contributed by atoms with Crippen molar-refractivity contribution in [3.8, 4) is 0 Å². The molecule has 0 amide bonds. The molecule has 2 saturated carbocycles. The number of nitrogens with zero attached hydrogens (tertiary/aromatic N) is 1. The molecule has 2 N–H and O–H groups in total. The Hall–Kier alpha value is -0.0800. The van der Waals surface area contributed by atoms with Crippen LogP contribution in [0.1, 0.15) is 71.6 Å². The zero-order valence-corrected chi connectivity index (χ0v) is 13.6. The number of hydrogen-bond donors (Lipinski definition) is 1. The van der Waals surface area contributed by atoms with Crippen LogP contribution < -0.4 is 5.73 Å². The molecule has 3 fully saturated rings. The molecule has 116 valence electrons. The molecule has 20 heavy (non-hydrogen) atoms. The average Bonchev–Trinajstić information content (AvgIpc) is 2.41. The van der Waals surface area contributed by atoms with E-state index in [0.717, 1.165) is 17.3 Å². The first-order chi connectivity index (χ1) is 9.60. The van der Waals surface area contributed by atoms with Crippen molar-refractivity contribution >= 4 is 0 Å². The van der Waals surface area contributed by atoms with Crippen molar-refractivity contribution in [3.05, 3.63) is 0 Å². The third-order valence-corrected chi connectivity index (χ3v) is 6.66. The SMILES string of the molecule is CC1CC(C)C(N2CCC3(CCCCC3)CC2)C(N)C1. The van der Waals surface area contributed by atoms with Crippen LogP contribution in [0.15, 0.2) is 0 Å². The lowest BCUT2D eigenvalue weighted by Gasteiger charge is -2.50. The summed E-state index contributed by atoms with van der Waals surface area (Å²) in [6.07, 6.45) is 12.9. The Kier molecular flexibility index (Phi) is 4.42. The number of likely N-dealkylation sites (tertiary alicyclic amines) is 1. The Morgan fingerprint density at radius 1 is 0.900 bits per heavy atom. The number of hydrogen-bond acceptors (Lipinski definition) is 2. The van der Waals surface area contributed by atoms with Gasteiger partial charge in [0, 0.05) is 12.1 Å². The van der Waals surface area contributed by atoms with Gasteiger partial charge in [0.05, 0.1) is 0 Å². The highest BCUT2D eigenvalue weighted by atomic mass is 15.2. The summed E-state index contributed by atoms with van der Waals surface area (Å²) in [7, 11) is 0. The molecular formula is C18H34N2. The minimum Gasteiger partial charge on any atom is -0.326 e. The molecule has 1 heterocycles. The van der Waals surface area contributed by atoms with Crippen molar-refractivity contribution in [2.45, 2.75) is 83.7 Å². The molecule has 1 saturated heterocycles. The van der Waals surface area contributed by atoms with Crippen LogP contribution in [0, 0.1) is 17.3 Å². The van der Waals surface area contributed by atoms with E-state index in [1.54, 1.807) is 0 Å². The fourth-order valence-corrected chi connectivity index (χ4v) is 5.63. The standard InChI is InChI=1S/C18H34N2/c1-14-12-15(2)17(16(19)13-14)20-10-8-18(9-11-20)6-4-3-5-7-18/h14-17H,3-13,19H2,1-2H3. The van der Waals surface area contributed by atoms with Gasteiger partial charge in [-0.25, -0.2) is 0 Å². The summed E-state index contributed by atoms with van der Waals surface area (Å²) < 4.78 is 0. The van der Waals surface area contributed by atoms with Gasteiger partial charge in [0.2, 0.25) is 0 Å². The lowest BCUT2D eigenvalue weighted by molar-refractivity contribution is 0.00519. The first kappa shape index (κ1) is 14.8. The average molecular weight is 278 g/mol. The van der Waals surface area contributed by atoms with E-state index in [2.05, 4.69) is 18.7 Å². The Morgan fingerprint density at radius 2 is 1.55 bits per heavy atom. The van der Waals surface area contributed by atoms with Crippen LogP contribution >= 0.6 is 0 Å². The van der Waals surface area contributed by atoms with E-state index in [4.69, 9.17) is 5.73 Å². The van der Waals surface area contributed by atoms with Crippen molar-refractivity contribution in [1.29, 1.82) is 0 Å². The van der Waals surface area contributed by atoms with Gasteiger partial charge in [-0.15, -0.1) is 0 Å².